The van der Waals surface area contributed by atoms with Crippen LogP contribution in [0.5, 0.6) is 5.75 Å². The minimum atomic E-state index is 0.270. The Hall–Kier alpha value is -3.33. The zero-order chi connectivity index (χ0) is 20.2. The summed E-state index contributed by atoms with van der Waals surface area (Å²) in [6.45, 7) is 4.96. The number of nitrogens with one attached hydrogen (secondary N) is 2. The highest BCUT2D eigenvalue weighted by Gasteiger charge is 2.44. The molecular weight excluding hydrogens is 380 g/mol. The number of aromatic nitrogens is 6. The summed E-state index contributed by atoms with van der Waals surface area (Å²) < 4.78 is 0. The SMILES string of the molecule is CCc1[nH]c2nc(Cc3cnc4nccnc4c3)nc(N3CC4CNCC43)c2c1O. The molecule has 0 radical (unpaired) electrons. The van der Waals surface area contributed by atoms with Gasteiger partial charge in [-0.15, -0.1) is 0 Å². The molecule has 6 rings (SSSR count). The third-order valence-electron chi connectivity index (χ3n) is 6.23. The second-order valence-corrected chi connectivity index (χ2v) is 8.05. The van der Waals surface area contributed by atoms with E-state index in [1.807, 2.05) is 13.0 Å². The summed E-state index contributed by atoms with van der Waals surface area (Å²) in [5, 5.41) is 15.0. The van der Waals surface area contributed by atoms with Crippen molar-refractivity contribution in [2.45, 2.75) is 25.8 Å². The van der Waals surface area contributed by atoms with Gasteiger partial charge in [0.1, 0.15) is 33.9 Å². The van der Waals surface area contributed by atoms with Gasteiger partial charge < -0.3 is 20.3 Å². The number of nitrogens with zero attached hydrogens (tertiary/aromatic N) is 6. The highest BCUT2D eigenvalue weighted by molar-refractivity contribution is 5.95. The van der Waals surface area contributed by atoms with E-state index in [2.05, 4.69) is 30.2 Å². The molecule has 2 saturated heterocycles. The van der Waals surface area contributed by atoms with Crippen LogP contribution in [0.3, 0.4) is 0 Å². The molecule has 2 atom stereocenters. The van der Waals surface area contributed by atoms with E-state index in [0.717, 1.165) is 47.6 Å². The van der Waals surface area contributed by atoms with E-state index < -0.39 is 0 Å². The van der Waals surface area contributed by atoms with Crippen LogP contribution in [0.15, 0.2) is 24.7 Å². The molecule has 2 fully saturated rings. The van der Waals surface area contributed by atoms with Crippen LogP contribution < -0.4 is 10.2 Å². The van der Waals surface area contributed by atoms with Gasteiger partial charge in [-0.2, -0.15) is 0 Å². The Balaban J connectivity index is 1.44. The molecule has 2 aliphatic rings. The van der Waals surface area contributed by atoms with Crippen LogP contribution >= 0.6 is 0 Å². The summed E-state index contributed by atoms with van der Waals surface area (Å²) in [5.74, 6) is 2.43. The maximum absolute atomic E-state index is 10.8. The summed E-state index contributed by atoms with van der Waals surface area (Å²) in [7, 11) is 0. The molecule has 0 saturated carbocycles. The molecule has 0 aromatic carbocycles. The summed E-state index contributed by atoms with van der Waals surface area (Å²) in [6, 6.07) is 2.40. The van der Waals surface area contributed by atoms with Crippen LogP contribution in [0, 0.1) is 5.92 Å². The van der Waals surface area contributed by atoms with Crippen LogP contribution in [0.1, 0.15) is 24.0 Å². The van der Waals surface area contributed by atoms with Gasteiger partial charge in [0.25, 0.3) is 0 Å². The Bertz CT molecular complexity index is 1270. The normalized spacial score (nSPS) is 20.6. The molecule has 2 unspecified atom stereocenters. The first-order valence-electron chi connectivity index (χ1n) is 10.3. The molecule has 0 spiro atoms. The maximum Gasteiger partial charge on any atom is 0.178 e. The van der Waals surface area contributed by atoms with Crippen LogP contribution in [-0.4, -0.2) is 60.7 Å². The number of anilines is 1. The maximum atomic E-state index is 10.8. The first kappa shape index (κ1) is 17.5. The van der Waals surface area contributed by atoms with Gasteiger partial charge in [-0.3, -0.25) is 4.98 Å². The van der Waals surface area contributed by atoms with E-state index in [1.165, 1.54) is 0 Å². The molecule has 9 nitrogen and oxygen atoms in total. The van der Waals surface area contributed by atoms with Gasteiger partial charge in [-0.1, -0.05) is 6.92 Å². The Morgan fingerprint density at radius 2 is 2.07 bits per heavy atom. The van der Waals surface area contributed by atoms with Crippen molar-refractivity contribution in [1.82, 2.24) is 35.2 Å². The highest BCUT2D eigenvalue weighted by Crippen LogP contribution is 2.40. The lowest BCUT2D eigenvalue weighted by atomic mass is 9.91. The molecule has 3 N–H and O–H groups in total. The molecule has 2 aliphatic heterocycles. The molecule has 0 amide bonds. The minimum Gasteiger partial charge on any atom is -0.505 e. The summed E-state index contributed by atoms with van der Waals surface area (Å²) >= 11 is 0. The molecule has 30 heavy (non-hydrogen) atoms. The molecule has 0 aliphatic carbocycles. The van der Waals surface area contributed by atoms with Crippen molar-refractivity contribution >= 4 is 28.0 Å². The minimum absolute atomic E-state index is 0.270. The van der Waals surface area contributed by atoms with Gasteiger partial charge in [0.15, 0.2) is 5.65 Å². The number of aryl methyl sites for hydroxylation is 1. The number of aromatic amines is 1. The molecule has 0 bridgehead atoms. The van der Waals surface area contributed by atoms with Gasteiger partial charge in [0.2, 0.25) is 0 Å². The zero-order valence-electron chi connectivity index (χ0n) is 16.6. The van der Waals surface area contributed by atoms with Gasteiger partial charge in [-0.05, 0) is 18.1 Å². The van der Waals surface area contributed by atoms with E-state index in [0.29, 0.717) is 41.9 Å². The molecular formula is C21H22N8O. The van der Waals surface area contributed by atoms with E-state index in [1.54, 1.807) is 18.6 Å². The fraction of sp³-hybridized carbons (Fsp3) is 0.381. The number of fused-ring (bicyclic) bond motifs is 3. The first-order chi connectivity index (χ1) is 14.7. The predicted molar refractivity (Wildman–Crippen MR) is 113 cm³/mol. The van der Waals surface area contributed by atoms with Crippen LogP contribution in [-0.2, 0) is 12.8 Å². The van der Waals surface area contributed by atoms with Crippen molar-refractivity contribution in [3.63, 3.8) is 0 Å². The number of hydrogen-bond acceptors (Lipinski definition) is 8. The van der Waals surface area contributed by atoms with Crippen molar-refractivity contribution in [1.29, 1.82) is 0 Å². The van der Waals surface area contributed by atoms with Crippen LogP contribution in [0.4, 0.5) is 5.82 Å². The number of hydrogen-bond donors (Lipinski definition) is 3. The van der Waals surface area contributed by atoms with E-state index in [-0.39, 0.29) is 5.75 Å². The van der Waals surface area contributed by atoms with Crippen molar-refractivity contribution in [2.75, 3.05) is 24.5 Å². The van der Waals surface area contributed by atoms with Crippen molar-refractivity contribution in [3.8, 4) is 5.75 Å². The van der Waals surface area contributed by atoms with E-state index in [9.17, 15) is 5.11 Å². The molecule has 4 aromatic heterocycles. The quantitative estimate of drug-likeness (QED) is 0.471. The Morgan fingerprint density at radius 1 is 1.17 bits per heavy atom. The third kappa shape index (κ3) is 2.62. The lowest BCUT2D eigenvalue weighted by Crippen LogP contribution is -2.56. The monoisotopic (exact) mass is 402 g/mol. The van der Waals surface area contributed by atoms with Gasteiger partial charge >= 0.3 is 0 Å². The largest absolute Gasteiger partial charge is 0.505 e. The van der Waals surface area contributed by atoms with Crippen molar-refractivity contribution in [3.05, 3.63) is 41.7 Å². The molecule has 6 heterocycles. The predicted octanol–water partition coefficient (Wildman–Crippen LogP) is 1.56. The summed E-state index contributed by atoms with van der Waals surface area (Å²) in [6.07, 6.45) is 6.34. The Morgan fingerprint density at radius 3 is 2.93 bits per heavy atom. The second-order valence-electron chi connectivity index (χ2n) is 8.05. The highest BCUT2D eigenvalue weighted by atomic mass is 16.3. The first-order valence-corrected chi connectivity index (χ1v) is 10.3. The fourth-order valence-corrected chi connectivity index (χ4v) is 4.64. The van der Waals surface area contributed by atoms with Crippen LogP contribution in [0.25, 0.3) is 22.2 Å². The van der Waals surface area contributed by atoms with Gasteiger partial charge in [-0.25, -0.2) is 19.9 Å². The standard InChI is InChI=1S/C21H22N8O/c1-2-13-18(30)17-20(26-13)27-16(28-21(17)29-10-12-8-22-9-15(12)29)6-11-5-14-19(25-7-11)24-4-3-23-14/h3-5,7,12,15,22,30H,2,6,8-10H2,1H3,(H,26,27,28). The third-order valence-corrected chi connectivity index (χ3v) is 6.23. The van der Waals surface area contributed by atoms with Gasteiger partial charge in [0, 0.05) is 56.6 Å². The lowest BCUT2D eigenvalue weighted by Gasteiger charge is -2.44. The average molecular weight is 402 g/mol. The smallest absolute Gasteiger partial charge is 0.178 e. The number of rotatable bonds is 4. The van der Waals surface area contributed by atoms with Gasteiger partial charge in [0.05, 0.1) is 5.69 Å². The Labute approximate surface area is 172 Å². The molecule has 4 aromatic rings. The molecule has 9 heteroatoms. The van der Waals surface area contributed by atoms with Crippen molar-refractivity contribution in [2.24, 2.45) is 5.92 Å². The number of H-pyrrole nitrogens is 1. The van der Waals surface area contributed by atoms with Crippen molar-refractivity contribution < 1.29 is 5.11 Å². The van der Waals surface area contributed by atoms with E-state index in [4.69, 9.17) is 9.97 Å². The topological polar surface area (TPSA) is 116 Å². The molecule has 152 valence electrons. The second kappa shape index (κ2) is 6.60. The number of pyridine rings is 1. The van der Waals surface area contributed by atoms with Crippen LogP contribution in [0.2, 0.25) is 0 Å². The zero-order valence-corrected chi connectivity index (χ0v) is 16.6. The lowest BCUT2D eigenvalue weighted by molar-refractivity contribution is 0.363. The van der Waals surface area contributed by atoms with E-state index >= 15 is 0 Å². The number of aromatic hydroxyl groups is 1. The fourth-order valence-electron chi connectivity index (χ4n) is 4.64. The summed E-state index contributed by atoms with van der Waals surface area (Å²) in [5.41, 5.74) is 3.84. The summed E-state index contributed by atoms with van der Waals surface area (Å²) in [4.78, 5) is 28.2. The Kier molecular flexibility index (Phi) is 3.85. The average Bonchev–Trinajstić information content (AvgIpc) is 3.27.